The molecule has 0 spiro atoms. The van der Waals surface area contributed by atoms with Gasteiger partial charge in [0.2, 0.25) is 10.3 Å². The van der Waals surface area contributed by atoms with Crippen molar-refractivity contribution in [2.75, 3.05) is 6.61 Å². The summed E-state index contributed by atoms with van der Waals surface area (Å²) in [6.45, 7) is 1.08. The van der Waals surface area contributed by atoms with Crippen LogP contribution in [0.2, 0.25) is 0 Å². The molecule has 0 unspecified atom stereocenters. The summed E-state index contributed by atoms with van der Waals surface area (Å²) in [5.41, 5.74) is 5.59. The van der Waals surface area contributed by atoms with Gasteiger partial charge in [-0.15, -0.1) is 0 Å². The molecule has 22 heavy (non-hydrogen) atoms. The van der Waals surface area contributed by atoms with Crippen molar-refractivity contribution in [2.45, 2.75) is 25.0 Å². The first kappa shape index (κ1) is 14.5. The van der Waals surface area contributed by atoms with Gasteiger partial charge in [-0.25, -0.2) is 4.98 Å². The number of rotatable bonds is 3. The van der Waals surface area contributed by atoms with E-state index in [0.717, 1.165) is 0 Å². The predicted octanol–water partition coefficient (Wildman–Crippen LogP) is -0.511. The van der Waals surface area contributed by atoms with Gasteiger partial charge in [0.1, 0.15) is 30.1 Å². The summed E-state index contributed by atoms with van der Waals surface area (Å²) in [6.07, 6.45) is 1.02. The minimum atomic E-state index is -1.70. The van der Waals surface area contributed by atoms with Crippen molar-refractivity contribution in [1.82, 2.24) is 19.4 Å². The lowest BCUT2D eigenvalue weighted by molar-refractivity contribution is -0.126. The van der Waals surface area contributed by atoms with Gasteiger partial charge < -0.3 is 19.9 Å². The van der Waals surface area contributed by atoms with Crippen molar-refractivity contribution in [1.29, 1.82) is 5.53 Å². The van der Waals surface area contributed by atoms with E-state index in [-0.39, 0.29) is 10.9 Å². The molecule has 0 amide bonds. The standard InChI is InChI=1S/C12H14N6O4/c1-6-9(21)12(4-19,16-17-13)22-11(6)18-5-15-8-7(20)2-3-14-10(8)18/h2-3,5-6,9,11,13,19,21H,4H2,1H3/p+1/t6-,9-,11+,12+/m0/s1. The highest BCUT2D eigenvalue weighted by Gasteiger charge is 2.58. The Kier molecular flexibility index (Phi) is 3.38. The van der Waals surface area contributed by atoms with Gasteiger partial charge in [0.15, 0.2) is 10.6 Å². The number of aromatic nitrogens is 3. The molecule has 1 saturated heterocycles. The van der Waals surface area contributed by atoms with Crippen LogP contribution in [0.1, 0.15) is 13.2 Å². The zero-order valence-corrected chi connectivity index (χ0v) is 11.7. The molecule has 3 rings (SSSR count). The first-order valence-electron chi connectivity index (χ1n) is 6.63. The number of nitrogens with one attached hydrogen (secondary N) is 2. The van der Waals surface area contributed by atoms with E-state index in [1.54, 1.807) is 11.5 Å². The number of ether oxygens (including phenoxy) is 1. The Morgan fingerprint density at radius 3 is 3.14 bits per heavy atom. The summed E-state index contributed by atoms with van der Waals surface area (Å²) in [4.78, 5) is 21.6. The number of hydrogen-bond acceptors (Lipinski definition) is 7. The van der Waals surface area contributed by atoms with Crippen molar-refractivity contribution in [3.05, 3.63) is 28.8 Å². The molecule has 1 fully saturated rings. The SMILES string of the molecule is C[C@@H]1[C@H](n2cnc3c(=O)cc[nH]c32)O[C@@](CO)(N=[N+]=N)[C@H]1O. The van der Waals surface area contributed by atoms with E-state index >= 15 is 0 Å². The largest absolute Gasteiger partial charge is 0.391 e. The number of aromatic amines is 1. The van der Waals surface area contributed by atoms with E-state index in [4.69, 9.17) is 10.3 Å². The summed E-state index contributed by atoms with van der Waals surface area (Å²) < 4.78 is 7.23. The molecule has 1 aliphatic heterocycles. The molecule has 2 aromatic heterocycles. The lowest BCUT2D eigenvalue weighted by Gasteiger charge is -2.18. The van der Waals surface area contributed by atoms with E-state index in [9.17, 15) is 15.0 Å². The molecular weight excluding hydrogens is 292 g/mol. The molecule has 116 valence electrons. The highest BCUT2D eigenvalue weighted by molar-refractivity contribution is 5.70. The average Bonchev–Trinajstić information content (AvgIpc) is 3.04. The van der Waals surface area contributed by atoms with Crippen LogP contribution < -0.4 is 10.3 Å². The van der Waals surface area contributed by atoms with Crippen LogP contribution >= 0.6 is 0 Å². The van der Waals surface area contributed by atoms with Crippen molar-refractivity contribution >= 4 is 11.2 Å². The molecule has 0 bridgehead atoms. The molecule has 0 saturated carbocycles. The molecule has 0 radical (unpaired) electrons. The van der Waals surface area contributed by atoms with Gasteiger partial charge in [-0.3, -0.25) is 9.36 Å². The zero-order chi connectivity index (χ0) is 15.9. The van der Waals surface area contributed by atoms with E-state index in [2.05, 4.69) is 20.0 Å². The number of pyridine rings is 1. The lowest BCUT2D eigenvalue weighted by atomic mass is 9.98. The van der Waals surface area contributed by atoms with Gasteiger partial charge in [0.25, 0.3) is 5.72 Å². The molecule has 0 aromatic carbocycles. The summed E-state index contributed by atoms with van der Waals surface area (Å²) in [5, 5.41) is 23.3. The van der Waals surface area contributed by atoms with Crippen LogP contribution in [0, 0.1) is 11.4 Å². The van der Waals surface area contributed by atoms with Gasteiger partial charge in [0.05, 0.1) is 6.33 Å². The minimum absolute atomic E-state index is 0.238. The van der Waals surface area contributed by atoms with Crippen LogP contribution in [0.25, 0.3) is 11.2 Å². The average molecular weight is 307 g/mol. The number of fused-ring (bicyclic) bond motifs is 1. The Hall–Kier alpha value is -2.39. The van der Waals surface area contributed by atoms with Crippen molar-refractivity contribution in [2.24, 2.45) is 11.0 Å². The van der Waals surface area contributed by atoms with Crippen molar-refractivity contribution < 1.29 is 14.9 Å². The maximum Gasteiger partial charge on any atom is 0.293 e. The Bertz CT molecular complexity index is 809. The summed E-state index contributed by atoms with van der Waals surface area (Å²) >= 11 is 0. The van der Waals surface area contributed by atoms with Gasteiger partial charge in [-0.05, 0) is 0 Å². The molecule has 2 aromatic rings. The molecule has 1 aliphatic rings. The maximum atomic E-state index is 11.8. The quantitative estimate of drug-likeness (QED) is 0.444. The molecule has 10 heteroatoms. The second-order valence-corrected chi connectivity index (χ2v) is 5.21. The van der Waals surface area contributed by atoms with Crippen LogP contribution in [0.3, 0.4) is 0 Å². The van der Waals surface area contributed by atoms with Gasteiger partial charge in [-0.2, -0.15) is 0 Å². The first-order chi connectivity index (χ1) is 10.5. The van der Waals surface area contributed by atoms with Crippen molar-refractivity contribution in [3.63, 3.8) is 0 Å². The number of aliphatic hydroxyl groups is 2. The monoisotopic (exact) mass is 307 g/mol. The number of imidazole rings is 1. The third kappa shape index (κ3) is 1.90. The predicted molar refractivity (Wildman–Crippen MR) is 72.7 cm³/mol. The minimum Gasteiger partial charge on any atom is -0.391 e. The maximum absolute atomic E-state index is 11.8. The molecule has 3 heterocycles. The highest BCUT2D eigenvalue weighted by atomic mass is 16.6. The van der Waals surface area contributed by atoms with E-state index in [1.165, 1.54) is 18.6 Å². The normalized spacial score (nSPS) is 31.3. The van der Waals surface area contributed by atoms with Crippen LogP contribution in [0.5, 0.6) is 0 Å². The molecule has 10 nitrogen and oxygen atoms in total. The number of aliphatic hydroxyl groups excluding tert-OH is 2. The summed E-state index contributed by atoms with van der Waals surface area (Å²) in [6, 6.07) is 1.36. The highest BCUT2D eigenvalue weighted by Crippen LogP contribution is 2.42. The van der Waals surface area contributed by atoms with Crippen molar-refractivity contribution in [3.8, 4) is 0 Å². The number of hydrogen-bond donors (Lipinski definition) is 4. The zero-order valence-electron chi connectivity index (χ0n) is 11.7. The fourth-order valence-electron chi connectivity index (χ4n) is 2.75. The Morgan fingerprint density at radius 2 is 2.45 bits per heavy atom. The Morgan fingerprint density at radius 1 is 1.68 bits per heavy atom. The van der Waals surface area contributed by atoms with Crippen LogP contribution in [0.4, 0.5) is 0 Å². The third-order valence-corrected chi connectivity index (χ3v) is 3.94. The number of nitrogens with zero attached hydrogens (tertiary/aromatic N) is 4. The second kappa shape index (κ2) is 5.11. The van der Waals surface area contributed by atoms with Gasteiger partial charge in [0, 0.05) is 18.2 Å². The smallest absolute Gasteiger partial charge is 0.293 e. The number of H-pyrrole nitrogens is 1. The van der Waals surface area contributed by atoms with Crippen LogP contribution in [-0.4, -0.2) is 43.2 Å². The molecule has 4 atom stereocenters. The van der Waals surface area contributed by atoms with Gasteiger partial charge >= 0.3 is 0 Å². The Balaban J connectivity index is 2.10. The van der Waals surface area contributed by atoms with E-state index in [1.807, 2.05) is 0 Å². The van der Waals surface area contributed by atoms with E-state index < -0.39 is 30.6 Å². The lowest BCUT2D eigenvalue weighted by Crippen LogP contribution is -2.42. The van der Waals surface area contributed by atoms with Crippen LogP contribution in [-0.2, 0) is 4.74 Å². The molecular formula is C12H15N6O4+. The van der Waals surface area contributed by atoms with Crippen LogP contribution in [0.15, 0.2) is 28.5 Å². The fraction of sp³-hybridized carbons (Fsp3) is 0.500. The first-order valence-corrected chi connectivity index (χ1v) is 6.63. The van der Waals surface area contributed by atoms with E-state index in [0.29, 0.717) is 5.65 Å². The van der Waals surface area contributed by atoms with Gasteiger partial charge in [-0.1, -0.05) is 6.92 Å². The Labute approximate surface area is 123 Å². The molecule has 0 aliphatic carbocycles. The summed E-state index contributed by atoms with van der Waals surface area (Å²) in [7, 11) is 0. The topological polar surface area (TPSA) is 151 Å². The molecule has 4 N–H and O–H groups in total. The second-order valence-electron chi connectivity index (χ2n) is 5.21. The summed E-state index contributed by atoms with van der Waals surface area (Å²) in [5.74, 6) is -0.473. The third-order valence-electron chi connectivity index (χ3n) is 3.94. The fourth-order valence-corrected chi connectivity index (χ4v) is 2.75.